The number of ether oxygens (including phenoxy) is 1. The molecule has 0 aliphatic heterocycles. The van der Waals surface area contributed by atoms with Gasteiger partial charge in [0.25, 0.3) is 10.0 Å². The number of carbonyl (C=O) groups is 2. The molecule has 0 aliphatic carbocycles. The second kappa shape index (κ2) is 14.9. The zero-order valence-electron chi connectivity index (χ0n) is 24.0. The molecule has 8 nitrogen and oxygen atoms in total. The second-order valence-electron chi connectivity index (χ2n) is 9.72. The maximum atomic E-state index is 14.0. The maximum absolute atomic E-state index is 14.0. The first-order valence-corrected chi connectivity index (χ1v) is 15.5. The van der Waals surface area contributed by atoms with E-state index >= 15 is 0 Å². The fourth-order valence-electron chi connectivity index (χ4n) is 4.15. The van der Waals surface area contributed by atoms with Gasteiger partial charge in [-0.2, -0.15) is 0 Å². The third-order valence-corrected chi connectivity index (χ3v) is 8.63. The van der Waals surface area contributed by atoms with E-state index in [0.29, 0.717) is 29.6 Å². The summed E-state index contributed by atoms with van der Waals surface area (Å²) in [5, 5.41) is 3.42. The number of halogens is 1. The molecule has 3 aromatic carbocycles. The van der Waals surface area contributed by atoms with Gasteiger partial charge >= 0.3 is 0 Å². The standard InChI is InChI=1S/C31H38ClN3O5S/c1-5-7-20-33-31(37)24(4)34(21-25-10-12-26(32)13-11-25)30(36)22-35(27-14-16-28(17-15-27)40-6-2)41(38,39)29-18-8-23(3)9-19-29/h8-19,24H,5-7,20-22H2,1-4H3,(H,33,37)/t24-/m0/s1. The van der Waals surface area contributed by atoms with Crippen molar-refractivity contribution in [3.63, 3.8) is 0 Å². The van der Waals surface area contributed by atoms with Crippen molar-refractivity contribution in [1.29, 1.82) is 0 Å². The minimum atomic E-state index is -4.14. The molecule has 0 radical (unpaired) electrons. The normalized spacial score (nSPS) is 11.9. The summed E-state index contributed by atoms with van der Waals surface area (Å²) in [6.45, 7) is 7.93. The number of carbonyl (C=O) groups excluding carboxylic acids is 2. The summed E-state index contributed by atoms with van der Waals surface area (Å²) in [6, 6.07) is 19.1. The smallest absolute Gasteiger partial charge is 0.264 e. The molecule has 0 heterocycles. The van der Waals surface area contributed by atoms with Crippen LogP contribution in [0.15, 0.2) is 77.7 Å². The van der Waals surface area contributed by atoms with E-state index in [1.807, 2.05) is 20.8 Å². The molecular weight excluding hydrogens is 562 g/mol. The van der Waals surface area contributed by atoms with Crippen LogP contribution < -0.4 is 14.4 Å². The maximum Gasteiger partial charge on any atom is 0.264 e. The lowest BCUT2D eigenvalue weighted by Crippen LogP contribution is -2.51. The van der Waals surface area contributed by atoms with Crippen LogP contribution in [0, 0.1) is 6.92 Å². The number of hydrogen-bond donors (Lipinski definition) is 1. The van der Waals surface area contributed by atoms with Gasteiger partial charge in [-0.3, -0.25) is 13.9 Å². The molecule has 0 fully saturated rings. The van der Waals surface area contributed by atoms with Crippen molar-refractivity contribution in [2.45, 2.75) is 58.0 Å². The van der Waals surface area contributed by atoms with E-state index in [0.717, 1.165) is 28.3 Å². The Hall–Kier alpha value is -3.56. The fraction of sp³-hybridized carbons (Fsp3) is 0.355. The number of hydrogen-bond acceptors (Lipinski definition) is 5. The number of aryl methyl sites for hydroxylation is 1. The summed E-state index contributed by atoms with van der Waals surface area (Å²) in [7, 11) is -4.14. The number of benzene rings is 3. The molecule has 1 atom stereocenters. The first-order chi connectivity index (χ1) is 19.6. The Morgan fingerprint density at radius 2 is 1.59 bits per heavy atom. The van der Waals surface area contributed by atoms with Crippen molar-refractivity contribution < 1.29 is 22.7 Å². The van der Waals surface area contributed by atoms with Gasteiger partial charge in [-0.05, 0) is 81.3 Å². The lowest BCUT2D eigenvalue weighted by atomic mass is 10.1. The summed E-state index contributed by atoms with van der Waals surface area (Å²) >= 11 is 6.05. The van der Waals surface area contributed by atoms with Crippen LogP contribution in [0.5, 0.6) is 5.75 Å². The topological polar surface area (TPSA) is 96.0 Å². The van der Waals surface area contributed by atoms with Crippen molar-refractivity contribution in [1.82, 2.24) is 10.2 Å². The van der Waals surface area contributed by atoms with Crippen LogP contribution in [0.4, 0.5) is 5.69 Å². The summed E-state index contributed by atoms with van der Waals surface area (Å²) in [5.41, 5.74) is 1.96. The zero-order valence-corrected chi connectivity index (χ0v) is 25.5. The van der Waals surface area contributed by atoms with Gasteiger partial charge in [0.05, 0.1) is 17.2 Å². The first-order valence-electron chi connectivity index (χ1n) is 13.7. The molecule has 1 N–H and O–H groups in total. The number of unbranched alkanes of at least 4 members (excludes halogenated alkanes) is 1. The lowest BCUT2D eigenvalue weighted by molar-refractivity contribution is -0.139. The molecule has 3 rings (SSSR count). The van der Waals surface area contributed by atoms with Gasteiger partial charge in [0, 0.05) is 18.1 Å². The molecule has 0 bridgehead atoms. The van der Waals surface area contributed by atoms with E-state index in [4.69, 9.17) is 16.3 Å². The highest BCUT2D eigenvalue weighted by Gasteiger charge is 2.32. The molecule has 0 spiro atoms. The molecule has 0 aliphatic rings. The highest BCUT2D eigenvalue weighted by atomic mass is 35.5. The highest BCUT2D eigenvalue weighted by Crippen LogP contribution is 2.27. The van der Waals surface area contributed by atoms with Gasteiger partial charge in [0.1, 0.15) is 18.3 Å². The number of sulfonamides is 1. The fourth-order valence-corrected chi connectivity index (χ4v) is 5.69. The van der Waals surface area contributed by atoms with E-state index in [1.165, 1.54) is 17.0 Å². The van der Waals surface area contributed by atoms with Gasteiger partial charge in [-0.15, -0.1) is 0 Å². The van der Waals surface area contributed by atoms with Crippen LogP contribution in [0.25, 0.3) is 0 Å². The average Bonchev–Trinajstić information content (AvgIpc) is 2.96. The Bertz CT molecular complexity index is 1400. The van der Waals surface area contributed by atoms with E-state index in [1.54, 1.807) is 67.6 Å². The number of rotatable bonds is 14. The quantitative estimate of drug-likeness (QED) is 0.244. The first kappa shape index (κ1) is 32.0. The van der Waals surface area contributed by atoms with Gasteiger partial charge in [0.15, 0.2) is 0 Å². The monoisotopic (exact) mass is 599 g/mol. The van der Waals surface area contributed by atoms with Crippen molar-refractivity contribution in [2.24, 2.45) is 0 Å². The van der Waals surface area contributed by atoms with Crippen LogP contribution in [0.1, 0.15) is 44.7 Å². The number of nitrogens with one attached hydrogen (secondary N) is 1. The van der Waals surface area contributed by atoms with Crippen LogP contribution >= 0.6 is 11.6 Å². The molecule has 3 aromatic rings. The molecule has 0 unspecified atom stereocenters. The summed E-state index contributed by atoms with van der Waals surface area (Å²) in [5.74, 6) is -0.255. The summed E-state index contributed by atoms with van der Waals surface area (Å²) in [6.07, 6.45) is 1.72. The Morgan fingerprint density at radius 3 is 2.17 bits per heavy atom. The largest absolute Gasteiger partial charge is 0.494 e. The van der Waals surface area contributed by atoms with Gasteiger partial charge in [0.2, 0.25) is 11.8 Å². The molecule has 41 heavy (non-hydrogen) atoms. The minimum Gasteiger partial charge on any atom is -0.494 e. The van der Waals surface area contributed by atoms with E-state index in [2.05, 4.69) is 5.32 Å². The minimum absolute atomic E-state index is 0.0550. The Kier molecular flexibility index (Phi) is 11.6. The Labute approximate surface area is 248 Å². The lowest BCUT2D eigenvalue weighted by Gasteiger charge is -2.32. The average molecular weight is 600 g/mol. The summed E-state index contributed by atoms with van der Waals surface area (Å²) < 4.78 is 34.4. The predicted octanol–water partition coefficient (Wildman–Crippen LogP) is 5.58. The Morgan fingerprint density at radius 1 is 0.951 bits per heavy atom. The molecule has 220 valence electrons. The molecule has 0 saturated heterocycles. The highest BCUT2D eigenvalue weighted by molar-refractivity contribution is 7.92. The number of amides is 2. The molecule has 0 saturated carbocycles. The van der Waals surface area contributed by atoms with Crippen LogP contribution in [-0.2, 0) is 26.2 Å². The van der Waals surface area contributed by atoms with Crippen LogP contribution in [-0.4, -0.2) is 50.9 Å². The summed E-state index contributed by atoms with van der Waals surface area (Å²) in [4.78, 5) is 28.5. The van der Waals surface area contributed by atoms with Crippen molar-refractivity contribution in [3.8, 4) is 5.75 Å². The van der Waals surface area contributed by atoms with E-state index in [9.17, 15) is 18.0 Å². The second-order valence-corrected chi connectivity index (χ2v) is 12.0. The van der Waals surface area contributed by atoms with Crippen molar-refractivity contribution in [2.75, 3.05) is 24.0 Å². The van der Waals surface area contributed by atoms with E-state index in [-0.39, 0.29) is 17.3 Å². The predicted molar refractivity (Wildman–Crippen MR) is 163 cm³/mol. The number of nitrogens with zero attached hydrogens (tertiary/aromatic N) is 2. The van der Waals surface area contributed by atoms with Crippen LogP contribution in [0.3, 0.4) is 0 Å². The third kappa shape index (κ3) is 8.71. The molecule has 10 heteroatoms. The van der Waals surface area contributed by atoms with Gasteiger partial charge in [-0.25, -0.2) is 8.42 Å². The molecule has 2 amide bonds. The Balaban J connectivity index is 2.00. The zero-order chi connectivity index (χ0) is 30.0. The third-order valence-electron chi connectivity index (χ3n) is 6.59. The van der Waals surface area contributed by atoms with Crippen LogP contribution in [0.2, 0.25) is 5.02 Å². The van der Waals surface area contributed by atoms with E-state index < -0.39 is 28.5 Å². The van der Waals surface area contributed by atoms with Gasteiger partial charge < -0.3 is 15.0 Å². The van der Waals surface area contributed by atoms with Crippen molar-refractivity contribution >= 4 is 39.1 Å². The molecule has 0 aromatic heterocycles. The van der Waals surface area contributed by atoms with Crippen molar-refractivity contribution in [3.05, 3.63) is 88.9 Å². The molecular formula is C31H38ClN3O5S. The van der Waals surface area contributed by atoms with Gasteiger partial charge in [-0.1, -0.05) is 54.8 Å². The SMILES string of the molecule is CCCCNC(=O)[C@H](C)N(Cc1ccc(Cl)cc1)C(=O)CN(c1ccc(OCC)cc1)S(=O)(=O)c1ccc(C)cc1. The number of anilines is 1.